The predicted octanol–water partition coefficient (Wildman–Crippen LogP) is 1.54. The van der Waals surface area contributed by atoms with Gasteiger partial charge < -0.3 is 25.1 Å². The summed E-state index contributed by atoms with van der Waals surface area (Å²) in [6.07, 6.45) is 1.50. The molecule has 150 valence electrons. The molecule has 1 fully saturated rings. The van der Waals surface area contributed by atoms with Crippen LogP contribution < -0.4 is 16.1 Å². The number of halogens is 2. The molecule has 1 saturated heterocycles. The van der Waals surface area contributed by atoms with Gasteiger partial charge in [0.2, 0.25) is 5.43 Å². The van der Waals surface area contributed by atoms with Gasteiger partial charge in [-0.2, -0.15) is 0 Å². The van der Waals surface area contributed by atoms with Crippen molar-refractivity contribution in [3.8, 4) is 0 Å². The van der Waals surface area contributed by atoms with E-state index in [-0.39, 0.29) is 36.2 Å². The number of hydrogen-bond acceptors (Lipinski definition) is 6. The number of aromatic carboxylic acids is 1. The number of piperidine rings is 1. The van der Waals surface area contributed by atoms with Crippen molar-refractivity contribution in [3.63, 3.8) is 0 Å². The number of aromatic nitrogens is 1. The molecule has 0 amide bonds. The maximum atomic E-state index is 15.4. The third-order valence-electron chi connectivity index (χ3n) is 4.66. The molecule has 0 bridgehead atoms. The number of hydrogen-bond donors (Lipinski definition) is 2. The minimum Gasteiger partial charge on any atom is -0.477 e. The zero-order chi connectivity index (χ0) is 20.6. The lowest BCUT2D eigenvalue weighted by Crippen LogP contribution is -2.48. The first kappa shape index (κ1) is 19.7. The van der Waals surface area contributed by atoms with Crippen molar-refractivity contribution in [2.24, 2.45) is 10.9 Å². The van der Waals surface area contributed by atoms with Gasteiger partial charge in [0, 0.05) is 31.7 Å². The van der Waals surface area contributed by atoms with E-state index >= 15 is 4.39 Å². The van der Waals surface area contributed by atoms with Gasteiger partial charge >= 0.3 is 5.97 Å². The summed E-state index contributed by atoms with van der Waals surface area (Å²) < 4.78 is 31.6. The molecule has 2 heterocycles. The molecule has 0 saturated carbocycles. The van der Waals surface area contributed by atoms with Crippen LogP contribution in [0.1, 0.15) is 23.7 Å². The molecule has 1 aliphatic rings. The second kappa shape index (κ2) is 7.55. The number of fused-ring (bicyclic) bond motifs is 1. The van der Waals surface area contributed by atoms with Crippen molar-refractivity contribution in [1.29, 1.82) is 0 Å². The van der Waals surface area contributed by atoms with Crippen molar-refractivity contribution in [1.82, 2.24) is 4.57 Å². The van der Waals surface area contributed by atoms with E-state index in [2.05, 4.69) is 5.16 Å². The van der Waals surface area contributed by atoms with Crippen LogP contribution in [0.15, 0.2) is 22.2 Å². The summed E-state index contributed by atoms with van der Waals surface area (Å²) in [5.74, 6) is -3.38. The summed E-state index contributed by atoms with van der Waals surface area (Å²) >= 11 is 0. The van der Waals surface area contributed by atoms with Gasteiger partial charge in [0.15, 0.2) is 5.82 Å². The zero-order valence-electron chi connectivity index (χ0n) is 15.4. The number of nitrogens with two attached hydrogens (primary N) is 1. The van der Waals surface area contributed by atoms with Crippen molar-refractivity contribution >= 4 is 28.3 Å². The highest BCUT2D eigenvalue weighted by Crippen LogP contribution is 2.31. The Morgan fingerprint density at radius 2 is 2.18 bits per heavy atom. The fourth-order valence-corrected chi connectivity index (χ4v) is 3.53. The number of nitrogens with zero attached hydrogens (tertiary/aromatic N) is 3. The fourth-order valence-electron chi connectivity index (χ4n) is 3.53. The minimum atomic E-state index is -1.46. The van der Waals surface area contributed by atoms with Gasteiger partial charge in [-0.05, 0) is 13.0 Å². The Hall–Kier alpha value is -3.01. The third-order valence-corrected chi connectivity index (χ3v) is 4.66. The molecular weight excluding hydrogens is 374 g/mol. The van der Waals surface area contributed by atoms with Gasteiger partial charge in [0.1, 0.15) is 24.2 Å². The number of rotatable bonds is 4. The van der Waals surface area contributed by atoms with Crippen molar-refractivity contribution in [3.05, 3.63) is 39.7 Å². The summed E-state index contributed by atoms with van der Waals surface area (Å²) in [4.78, 5) is 29.9. The minimum absolute atomic E-state index is 0.116. The lowest BCUT2D eigenvalue weighted by Gasteiger charge is -2.33. The lowest BCUT2D eigenvalue weighted by molar-refractivity contribution is 0.0695. The molecule has 3 rings (SSSR count). The van der Waals surface area contributed by atoms with Crippen molar-refractivity contribution in [2.75, 3.05) is 25.1 Å². The number of carbonyl (C=O) groups is 1. The maximum absolute atomic E-state index is 15.4. The molecule has 0 radical (unpaired) electrons. The van der Waals surface area contributed by atoms with E-state index in [4.69, 9.17) is 10.6 Å². The number of oxime groups is 1. The molecule has 1 aromatic carbocycles. The second-order valence-electron chi connectivity index (χ2n) is 6.57. The second-order valence-corrected chi connectivity index (χ2v) is 6.57. The van der Waals surface area contributed by atoms with E-state index in [1.807, 2.05) is 0 Å². The summed E-state index contributed by atoms with van der Waals surface area (Å²) in [6, 6.07) is 0.474. The number of carboxylic acid groups (broad SMARTS) is 1. The highest BCUT2D eigenvalue weighted by atomic mass is 19.1. The van der Waals surface area contributed by atoms with Gasteiger partial charge in [-0.15, -0.1) is 0 Å². The highest BCUT2D eigenvalue weighted by Gasteiger charge is 2.29. The fraction of sp³-hybridized carbons (Fsp3) is 0.389. The molecule has 1 unspecified atom stereocenters. The molecule has 1 aliphatic heterocycles. The van der Waals surface area contributed by atoms with Crippen LogP contribution in [0.2, 0.25) is 0 Å². The van der Waals surface area contributed by atoms with Gasteiger partial charge in [0.05, 0.1) is 23.2 Å². The lowest BCUT2D eigenvalue weighted by atomic mass is 10.0. The first-order valence-electron chi connectivity index (χ1n) is 8.66. The quantitative estimate of drug-likeness (QED) is 0.761. The molecule has 2 aromatic rings. The molecule has 3 N–H and O–H groups in total. The molecule has 1 aromatic heterocycles. The van der Waals surface area contributed by atoms with Crippen LogP contribution in [0.25, 0.3) is 10.9 Å². The monoisotopic (exact) mass is 394 g/mol. The Bertz CT molecular complexity index is 1030. The summed E-state index contributed by atoms with van der Waals surface area (Å²) in [5.41, 5.74) is 4.55. The van der Waals surface area contributed by atoms with Crippen LogP contribution in [0, 0.1) is 11.6 Å². The van der Waals surface area contributed by atoms with Crippen molar-refractivity contribution < 1.29 is 23.5 Å². The van der Waals surface area contributed by atoms with Gasteiger partial charge in [0.25, 0.3) is 0 Å². The summed E-state index contributed by atoms with van der Waals surface area (Å²) in [7, 11) is 1.37. The average molecular weight is 394 g/mol. The van der Waals surface area contributed by atoms with Crippen LogP contribution in [0.4, 0.5) is 14.5 Å². The molecule has 1 atom stereocenters. The zero-order valence-corrected chi connectivity index (χ0v) is 15.4. The van der Waals surface area contributed by atoms with E-state index in [0.29, 0.717) is 12.1 Å². The van der Waals surface area contributed by atoms with E-state index in [9.17, 15) is 19.1 Å². The molecular formula is C18H20F2N4O4. The molecule has 8 nitrogen and oxygen atoms in total. The Labute approximate surface area is 158 Å². The Morgan fingerprint density at radius 1 is 1.46 bits per heavy atom. The Balaban J connectivity index is 2.26. The molecule has 0 spiro atoms. The van der Waals surface area contributed by atoms with Crippen LogP contribution in [-0.2, 0) is 11.4 Å². The first-order chi connectivity index (χ1) is 13.3. The van der Waals surface area contributed by atoms with E-state index in [1.165, 1.54) is 16.6 Å². The highest BCUT2D eigenvalue weighted by molar-refractivity contribution is 5.95. The topological polar surface area (TPSA) is 110 Å². The van der Waals surface area contributed by atoms with Crippen LogP contribution in [-0.4, -0.2) is 47.6 Å². The van der Waals surface area contributed by atoms with Crippen LogP contribution >= 0.6 is 0 Å². The number of benzene rings is 1. The summed E-state index contributed by atoms with van der Waals surface area (Å²) in [6.45, 7) is 2.16. The molecule has 0 aliphatic carbocycles. The van der Waals surface area contributed by atoms with E-state index < -0.39 is 34.6 Å². The first-order valence-corrected chi connectivity index (χ1v) is 8.66. The third kappa shape index (κ3) is 3.31. The normalized spacial score (nSPS) is 18.7. The number of pyridine rings is 1. The summed E-state index contributed by atoms with van der Waals surface area (Å²) in [5, 5.41) is 12.7. The van der Waals surface area contributed by atoms with Gasteiger partial charge in [-0.25, -0.2) is 13.6 Å². The Morgan fingerprint density at radius 3 is 2.79 bits per heavy atom. The standard InChI is InChI=1S/C18H20F2N4O4/c1-3-23-8-12(18(26)27)17(25)11-5-13(19)16(14(20)15(11)23)24-6-9(21)4-10(7-24)22-28-2/h5,8-9H,3-4,6-7,21H2,1-2H3,(H,26,27)/b22-10+. The predicted molar refractivity (Wildman–Crippen MR) is 100 cm³/mol. The number of anilines is 1. The smallest absolute Gasteiger partial charge is 0.341 e. The number of aryl methyl sites for hydroxylation is 1. The molecule has 10 heteroatoms. The SMILES string of the molecule is CCn1cc(C(=O)O)c(=O)c2cc(F)c(N3C/C(=N/OC)CC(N)C3)c(F)c21. The largest absolute Gasteiger partial charge is 0.477 e. The molecule has 28 heavy (non-hydrogen) atoms. The van der Waals surface area contributed by atoms with Gasteiger partial charge in [-0.3, -0.25) is 4.79 Å². The van der Waals surface area contributed by atoms with Crippen LogP contribution in [0.5, 0.6) is 0 Å². The van der Waals surface area contributed by atoms with Crippen LogP contribution in [0.3, 0.4) is 0 Å². The van der Waals surface area contributed by atoms with Crippen molar-refractivity contribution in [2.45, 2.75) is 25.9 Å². The van der Waals surface area contributed by atoms with Gasteiger partial charge in [-0.1, -0.05) is 5.16 Å². The average Bonchev–Trinajstić information content (AvgIpc) is 2.62. The number of carboxylic acids is 1. The Kier molecular flexibility index (Phi) is 5.32. The van der Waals surface area contributed by atoms with E-state index in [0.717, 1.165) is 12.3 Å². The van der Waals surface area contributed by atoms with E-state index in [1.54, 1.807) is 6.92 Å². The maximum Gasteiger partial charge on any atom is 0.341 e.